The minimum atomic E-state index is 0.888. The molecule has 2 N–H and O–H groups in total. The standard InChI is InChI=1S/C8H17N.C4H10N2/c1-9(2)8-6-4-3-5-7-8;1-2-6-4-3-5-1/h8H,3-7H2,1-2H3;5-6H,1-4H2. The minimum Gasteiger partial charge on any atom is -0.314 e. The molecule has 1 aliphatic carbocycles. The van der Waals surface area contributed by atoms with Crippen LogP contribution >= 0.6 is 0 Å². The fourth-order valence-corrected chi connectivity index (χ4v) is 2.20. The van der Waals surface area contributed by atoms with Gasteiger partial charge in [0.2, 0.25) is 0 Å². The third-order valence-corrected chi connectivity index (χ3v) is 3.26. The van der Waals surface area contributed by atoms with Crippen molar-refractivity contribution >= 4 is 0 Å². The molecular weight excluding hydrogens is 186 g/mol. The van der Waals surface area contributed by atoms with E-state index in [1.165, 1.54) is 32.1 Å². The highest BCUT2D eigenvalue weighted by Gasteiger charge is 2.13. The molecule has 3 heteroatoms. The first-order chi connectivity index (χ1) is 7.30. The quantitative estimate of drug-likeness (QED) is 0.682. The summed E-state index contributed by atoms with van der Waals surface area (Å²) in [7, 11) is 4.38. The topological polar surface area (TPSA) is 27.3 Å². The lowest BCUT2D eigenvalue weighted by Gasteiger charge is -2.27. The van der Waals surface area contributed by atoms with Crippen LogP contribution in [0.3, 0.4) is 0 Å². The van der Waals surface area contributed by atoms with Gasteiger partial charge in [-0.25, -0.2) is 0 Å². The first kappa shape index (κ1) is 12.9. The van der Waals surface area contributed by atoms with E-state index in [-0.39, 0.29) is 0 Å². The molecule has 0 aromatic carbocycles. The van der Waals surface area contributed by atoms with Crippen molar-refractivity contribution in [3.8, 4) is 0 Å². The number of nitrogens with one attached hydrogen (secondary N) is 2. The molecule has 0 unspecified atom stereocenters. The molecule has 15 heavy (non-hydrogen) atoms. The van der Waals surface area contributed by atoms with E-state index in [4.69, 9.17) is 0 Å². The van der Waals surface area contributed by atoms with E-state index < -0.39 is 0 Å². The number of nitrogens with zero attached hydrogens (tertiary/aromatic N) is 1. The van der Waals surface area contributed by atoms with Gasteiger partial charge in [0, 0.05) is 32.2 Å². The fourth-order valence-electron chi connectivity index (χ4n) is 2.20. The van der Waals surface area contributed by atoms with Crippen LogP contribution in [0.15, 0.2) is 0 Å². The van der Waals surface area contributed by atoms with E-state index in [2.05, 4.69) is 29.6 Å². The number of hydrogen-bond acceptors (Lipinski definition) is 3. The smallest absolute Gasteiger partial charge is 0.00891 e. The van der Waals surface area contributed by atoms with E-state index >= 15 is 0 Å². The molecule has 2 fully saturated rings. The van der Waals surface area contributed by atoms with Crippen LogP contribution < -0.4 is 10.6 Å². The van der Waals surface area contributed by atoms with E-state index in [9.17, 15) is 0 Å². The SMILES string of the molecule is C1CNCCN1.CN(C)C1CCCCC1. The number of hydrogen-bond donors (Lipinski definition) is 2. The molecule has 0 spiro atoms. The molecule has 3 nitrogen and oxygen atoms in total. The second-order valence-electron chi connectivity index (χ2n) is 4.76. The Morgan fingerprint density at radius 1 is 0.800 bits per heavy atom. The third kappa shape index (κ3) is 6.13. The fraction of sp³-hybridized carbons (Fsp3) is 1.00. The largest absolute Gasteiger partial charge is 0.314 e. The van der Waals surface area contributed by atoms with Crippen LogP contribution in [0.4, 0.5) is 0 Å². The molecule has 1 saturated heterocycles. The summed E-state index contributed by atoms with van der Waals surface area (Å²) < 4.78 is 0. The molecule has 0 aromatic heterocycles. The lowest BCUT2D eigenvalue weighted by Crippen LogP contribution is -2.39. The summed E-state index contributed by atoms with van der Waals surface area (Å²) in [6.07, 6.45) is 7.20. The maximum absolute atomic E-state index is 3.22. The van der Waals surface area contributed by atoms with Gasteiger partial charge in [-0.05, 0) is 26.9 Å². The van der Waals surface area contributed by atoms with Crippen LogP contribution in [0.1, 0.15) is 32.1 Å². The normalized spacial score (nSPS) is 23.4. The van der Waals surface area contributed by atoms with Gasteiger partial charge in [-0.15, -0.1) is 0 Å². The Balaban J connectivity index is 0.000000162. The second-order valence-corrected chi connectivity index (χ2v) is 4.76. The lowest BCUT2D eigenvalue weighted by molar-refractivity contribution is 0.229. The maximum Gasteiger partial charge on any atom is 0.00891 e. The van der Waals surface area contributed by atoms with Crippen molar-refractivity contribution in [1.29, 1.82) is 0 Å². The molecule has 0 radical (unpaired) electrons. The Morgan fingerprint density at radius 2 is 1.27 bits per heavy atom. The molecular formula is C12H27N3. The zero-order valence-electron chi connectivity index (χ0n) is 10.4. The van der Waals surface area contributed by atoms with Crippen molar-refractivity contribution in [2.24, 2.45) is 0 Å². The van der Waals surface area contributed by atoms with E-state index in [1.54, 1.807) is 0 Å². The summed E-state index contributed by atoms with van der Waals surface area (Å²) in [5, 5.41) is 6.44. The van der Waals surface area contributed by atoms with Crippen molar-refractivity contribution in [3.63, 3.8) is 0 Å². The van der Waals surface area contributed by atoms with Crippen LogP contribution in [0.25, 0.3) is 0 Å². The molecule has 0 aromatic rings. The average Bonchev–Trinajstić information content (AvgIpc) is 2.33. The Morgan fingerprint density at radius 3 is 1.53 bits per heavy atom. The van der Waals surface area contributed by atoms with E-state index in [0.29, 0.717) is 0 Å². The predicted molar refractivity (Wildman–Crippen MR) is 66.3 cm³/mol. The molecule has 0 amide bonds. The Hall–Kier alpha value is -0.120. The lowest BCUT2D eigenvalue weighted by atomic mass is 9.95. The first-order valence-electron chi connectivity index (χ1n) is 6.38. The summed E-state index contributed by atoms with van der Waals surface area (Å²) in [6.45, 7) is 4.56. The van der Waals surface area contributed by atoms with Crippen LogP contribution in [0.2, 0.25) is 0 Å². The highest BCUT2D eigenvalue weighted by atomic mass is 15.1. The zero-order valence-corrected chi connectivity index (χ0v) is 10.4. The van der Waals surface area contributed by atoms with Crippen LogP contribution in [-0.2, 0) is 0 Å². The van der Waals surface area contributed by atoms with Crippen molar-refractivity contribution < 1.29 is 0 Å². The maximum atomic E-state index is 3.22. The van der Waals surface area contributed by atoms with Crippen molar-refractivity contribution in [3.05, 3.63) is 0 Å². The Kier molecular flexibility index (Phi) is 6.98. The van der Waals surface area contributed by atoms with Gasteiger partial charge in [0.1, 0.15) is 0 Å². The molecule has 90 valence electrons. The van der Waals surface area contributed by atoms with Crippen LogP contribution in [-0.4, -0.2) is 51.2 Å². The molecule has 2 rings (SSSR count). The van der Waals surface area contributed by atoms with Crippen molar-refractivity contribution in [2.75, 3.05) is 40.3 Å². The minimum absolute atomic E-state index is 0.888. The summed E-state index contributed by atoms with van der Waals surface area (Å²) in [6, 6.07) is 0.888. The molecule has 1 saturated carbocycles. The van der Waals surface area contributed by atoms with Gasteiger partial charge >= 0.3 is 0 Å². The van der Waals surface area contributed by atoms with E-state index in [0.717, 1.165) is 32.2 Å². The second kappa shape index (κ2) is 8.08. The van der Waals surface area contributed by atoms with Gasteiger partial charge < -0.3 is 15.5 Å². The molecule has 0 bridgehead atoms. The Bertz CT molecular complexity index is 126. The van der Waals surface area contributed by atoms with Gasteiger partial charge in [0.05, 0.1) is 0 Å². The van der Waals surface area contributed by atoms with Gasteiger partial charge in [-0.1, -0.05) is 19.3 Å². The summed E-state index contributed by atoms with van der Waals surface area (Å²) in [4.78, 5) is 2.36. The van der Waals surface area contributed by atoms with Gasteiger partial charge in [0.15, 0.2) is 0 Å². The summed E-state index contributed by atoms with van der Waals surface area (Å²) in [5.74, 6) is 0. The molecule has 2 aliphatic rings. The number of piperazine rings is 1. The van der Waals surface area contributed by atoms with Crippen molar-refractivity contribution in [2.45, 2.75) is 38.1 Å². The molecule has 1 aliphatic heterocycles. The molecule has 0 atom stereocenters. The first-order valence-corrected chi connectivity index (χ1v) is 6.38. The van der Waals surface area contributed by atoms with Crippen LogP contribution in [0, 0.1) is 0 Å². The third-order valence-electron chi connectivity index (χ3n) is 3.26. The summed E-state index contributed by atoms with van der Waals surface area (Å²) >= 11 is 0. The highest BCUT2D eigenvalue weighted by Crippen LogP contribution is 2.20. The zero-order chi connectivity index (χ0) is 10.9. The van der Waals surface area contributed by atoms with E-state index in [1.807, 2.05) is 0 Å². The van der Waals surface area contributed by atoms with Gasteiger partial charge in [-0.3, -0.25) is 0 Å². The average molecular weight is 213 g/mol. The highest BCUT2D eigenvalue weighted by molar-refractivity contribution is 4.70. The summed E-state index contributed by atoms with van der Waals surface area (Å²) in [5.41, 5.74) is 0. The van der Waals surface area contributed by atoms with Gasteiger partial charge in [0.25, 0.3) is 0 Å². The number of rotatable bonds is 1. The monoisotopic (exact) mass is 213 g/mol. The van der Waals surface area contributed by atoms with Gasteiger partial charge in [-0.2, -0.15) is 0 Å². The Labute approximate surface area is 94.6 Å². The van der Waals surface area contributed by atoms with Crippen molar-refractivity contribution in [1.82, 2.24) is 15.5 Å². The van der Waals surface area contributed by atoms with Crippen LogP contribution in [0.5, 0.6) is 0 Å². The predicted octanol–water partition coefficient (Wildman–Crippen LogP) is 1.06. The molecule has 1 heterocycles.